The van der Waals surface area contributed by atoms with Crippen molar-refractivity contribution >= 4 is 39.8 Å². The fourth-order valence-electron chi connectivity index (χ4n) is 1.71. The van der Waals surface area contributed by atoms with E-state index in [1.807, 2.05) is 13.3 Å². The molecule has 1 aromatic heterocycles. The number of nitrogen functional groups attached to an aromatic ring is 1. The van der Waals surface area contributed by atoms with Gasteiger partial charge < -0.3 is 15.4 Å². The monoisotopic (exact) mass is 302 g/mol. The summed E-state index contributed by atoms with van der Waals surface area (Å²) >= 11 is 3.00. The zero-order chi connectivity index (χ0) is 14.4. The molecule has 0 aliphatic heterocycles. The van der Waals surface area contributed by atoms with Crippen molar-refractivity contribution < 1.29 is 9.53 Å². The Kier molecular flexibility index (Phi) is 6.51. The fraction of sp³-hybridized carbons (Fsp3) is 0.615. The molecule has 1 aromatic rings. The molecule has 0 saturated carbocycles. The molecule has 1 heterocycles. The van der Waals surface area contributed by atoms with Gasteiger partial charge in [-0.1, -0.05) is 13.3 Å². The van der Waals surface area contributed by atoms with E-state index >= 15 is 0 Å². The van der Waals surface area contributed by atoms with Crippen LogP contribution in [-0.2, 0) is 4.74 Å². The van der Waals surface area contributed by atoms with Crippen molar-refractivity contribution in [2.75, 3.05) is 37.1 Å². The first-order valence-corrected chi connectivity index (χ1v) is 8.45. The number of thioether (sulfide) groups is 1. The van der Waals surface area contributed by atoms with Crippen LogP contribution in [0.15, 0.2) is 4.90 Å². The molecule has 1 rings (SSSR count). The Bertz CT molecular complexity index is 433. The second-order valence-corrected chi connectivity index (χ2v) is 5.99. The van der Waals surface area contributed by atoms with Gasteiger partial charge in [0.05, 0.1) is 17.2 Å². The van der Waals surface area contributed by atoms with Gasteiger partial charge in [0, 0.05) is 13.6 Å². The molecule has 0 fully saturated rings. The summed E-state index contributed by atoms with van der Waals surface area (Å²) in [6, 6.07) is 0. The average molecular weight is 302 g/mol. The largest absolute Gasteiger partial charge is 0.462 e. The van der Waals surface area contributed by atoms with Gasteiger partial charge in [0.25, 0.3) is 0 Å². The van der Waals surface area contributed by atoms with Crippen LogP contribution in [0.3, 0.4) is 0 Å². The van der Waals surface area contributed by atoms with Crippen LogP contribution in [0.4, 0.5) is 10.7 Å². The van der Waals surface area contributed by atoms with Crippen molar-refractivity contribution in [2.24, 2.45) is 0 Å². The summed E-state index contributed by atoms with van der Waals surface area (Å²) in [5.74, 6) is -0.324. The van der Waals surface area contributed by atoms with E-state index in [0.29, 0.717) is 17.2 Å². The average Bonchev–Trinajstić information content (AvgIpc) is 2.73. The third-order valence-corrected chi connectivity index (χ3v) is 4.99. The second-order valence-electron chi connectivity index (χ2n) is 4.18. The van der Waals surface area contributed by atoms with Crippen LogP contribution in [0, 0.1) is 0 Å². The summed E-state index contributed by atoms with van der Waals surface area (Å²) in [7, 11) is 2.04. The summed E-state index contributed by atoms with van der Waals surface area (Å²) < 4.78 is 5.05. The van der Waals surface area contributed by atoms with Gasteiger partial charge >= 0.3 is 5.97 Å². The number of rotatable bonds is 7. The zero-order valence-corrected chi connectivity index (χ0v) is 13.6. The third-order valence-electron chi connectivity index (χ3n) is 2.74. The van der Waals surface area contributed by atoms with E-state index in [1.54, 1.807) is 18.7 Å². The molecule has 0 unspecified atom stereocenters. The van der Waals surface area contributed by atoms with Crippen molar-refractivity contribution in [2.45, 2.75) is 31.6 Å². The van der Waals surface area contributed by atoms with Crippen molar-refractivity contribution in [3.63, 3.8) is 0 Å². The number of hydrogen-bond donors (Lipinski definition) is 1. The SMILES string of the molecule is CCCCN(C)c1sc(C(=O)OCC)c(N)c1SC. The maximum Gasteiger partial charge on any atom is 0.350 e. The van der Waals surface area contributed by atoms with E-state index in [1.165, 1.54) is 11.3 Å². The lowest BCUT2D eigenvalue weighted by Crippen LogP contribution is -2.17. The molecule has 6 heteroatoms. The minimum Gasteiger partial charge on any atom is -0.462 e. The minimum atomic E-state index is -0.324. The molecule has 0 amide bonds. The number of carbonyl (C=O) groups excluding carboxylic acids is 1. The van der Waals surface area contributed by atoms with Crippen molar-refractivity contribution in [1.29, 1.82) is 0 Å². The Labute approximate surface area is 123 Å². The number of carbonyl (C=O) groups is 1. The van der Waals surface area contributed by atoms with Crippen LogP contribution in [0.2, 0.25) is 0 Å². The highest BCUT2D eigenvalue weighted by atomic mass is 32.2. The lowest BCUT2D eigenvalue weighted by molar-refractivity contribution is 0.0533. The number of esters is 1. The zero-order valence-electron chi connectivity index (χ0n) is 12.0. The molecule has 0 bridgehead atoms. The quantitative estimate of drug-likeness (QED) is 0.617. The molecule has 0 aliphatic rings. The molecule has 0 atom stereocenters. The van der Waals surface area contributed by atoms with Gasteiger partial charge in [-0.05, 0) is 19.6 Å². The number of ether oxygens (including phenoxy) is 1. The van der Waals surface area contributed by atoms with E-state index < -0.39 is 0 Å². The highest BCUT2D eigenvalue weighted by molar-refractivity contribution is 7.99. The summed E-state index contributed by atoms with van der Waals surface area (Å²) in [6.07, 6.45) is 4.24. The Morgan fingerprint density at radius 2 is 2.16 bits per heavy atom. The number of thiophene rings is 1. The van der Waals surface area contributed by atoms with E-state index in [0.717, 1.165) is 29.3 Å². The normalized spacial score (nSPS) is 10.5. The highest BCUT2D eigenvalue weighted by Gasteiger charge is 2.23. The molecular formula is C13H22N2O2S2. The molecule has 108 valence electrons. The van der Waals surface area contributed by atoms with Gasteiger partial charge in [-0.3, -0.25) is 0 Å². The van der Waals surface area contributed by atoms with Gasteiger partial charge in [-0.2, -0.15) is 0 Å². The van der Waals surface area contributed by atoms with Gasteiger partial charge in [0.15, 0.2) is 0 Å². The Morgan fingerprint density at radius 1 is 1.47 bits per heavy atom. The van der Waals surface area contributed by atoms with Crippen LogP contribution >= 0.6 is 23.1 Å². The van der Waals surface area contributed by atoms with Crippen molar-refractivity contribution in [3.8, 4) is 0 Å². The summed E-state index contributed by atoms with van der Waals surface area (Å²) in [5, 5.41) is 1.06. The molecule has 0 aromatic carbocycles. The first-order chi connectivity index (χ1) is 9.06. The van der Waals surface area contributed by atoms with E-state index in [4.69, 9.17) is 10.5 Å². The smallest absolute Gasteiger partial charge is 0.350 e. The Balaban J connectivity index is 3.04. The molecule has 19 heavy (non-hydrogen) atoms. The third kappa shape index (κ3) is 3.79. The maximum absolute atomic E-state index is 11.9. The Hall–Kier alpha value is -0.880. The van der Waals surface area contributed by atoms with E-state index in [2.05, 4.69) is 11.8 Å². The number of anilines is 2. The second kappa shape index (κ2) is 7.65. The van der Waals surface area contributed by atoms with Gasteiger partial charge in [0.1, 0.15) is 9.88 Å². The van der Waals surface area contributed by atoms with Crippen LogP contribution in [0.5, 0.6) is 0 Å². The van der Waals surface area contributed by atoms with Crippen LogP contribution in [0.1, 0.15) is 36.4 Å². The van der Waals surface area contributed by atoms with Gasteiger partial charge in [-0.15, -0.1) is 23.1 Å². The lowest BCUT2D eigenvalue weighted by atomic mass is 10.3. The first kappa shape index (κ1) is 16.2. The lowest BCUT2D eigenvalue weighted by Gasteiger charge is -2.18. The molecule has 4 nitrogen and oxygen atoms in total. The summed E-state index contributed by atoms with van der Waals surface area (Å²) in [6.45, 7) is 5.29. The molecule has 0 radical (unpaired) electrons. The van der Waals surface area contributed by atoms with Crippen LogP contribution in [-0.4, -0.2) is 32.4 Å². The molecular weight excluding hydrogens is 280 g/mol. The topological polar surface area (TPSA) is 55.6 Å². The van der Waals surface area contributed by atoms with Crippen LogP contribution in [0.25, 0.3) is 0 Å². The summed E-state index contributed by atoms with van der Waals surface area (Å²) in [5.41, 5.74) is 6.62. The molecule has 2 N–H and O–H groups in total. The van der Waals surface area contributed by atoms with Crippen molar-refractivity contribution in [1.82, 2.24) is 0 Å². The number of nitrogens with zero attached hydrogens (tertiary/aromatic N) is 1. The predicted molar refractivity (Wildman–Crippen MR) is 84.6 cm³/mol. The minimum absolute atomic E-state index is 0.324. The first-order valence-electron chi connectivity index (χ1n) is 6.41. The predicted octanol–water partition coefficient (Wildman–Crippen LogP) is 3.47. The molecule has 0 saturated heterocycles. The van der Waals surface area contributed by atoms with Crippen molar-refractivity contribution in [3.05, 3.63) is 4.88 Å². The van der Waals surface area contributed by atoms with Gasteiger partial charge in [0.2, 0.25) is 0 Å². The molecule has 0 aliphatic carbocycles. The fourth-order valence-corrected chi connectivity index (χ4v) is 3.80. The number of hydrogen-bond acceptors (Lipinski definition) is 6. The number of unbranched alkanes of at least 4 members (excludes halogenated alkanes) is 1. The van der Waals surface area contributed by atoms with Crippen LogP contribution < -0.4 is 10.6 Å². The maximum atomic E-state index is 11.9. The standard InChI is InChI=1S/C13H22N2O2S2/c1-5-7-8-15(3)12-10(18-4)9(14)11(19-12)13(16)17-6-2/h5-8,14H2,1-4H3. The highest BCUT2D eigenvalue weighted by Crippen LogP contribution is 2.43. The van der Waals surface area contributed by atoms with E-state index in [9.17, 15) is 4.79 Å². The van der Waals surface area contributed by atoms with E-state index in [-0.39, 0.29) is 5.97 Å². The number of nitrogens with two attached hydrogens (primary N) is 1. The Morgan fingerprint density at radius 3 is 2.68 bits per heavy atom. The molecule has 0 spiro atoms. The van der Waals surface area contributed by atoms with Gasteiger partial charge in [-0.25, -0.2) is 4.79 Å². The summed E-state index contributed by atoms with van der Waals surface area (Å²) in [4.78, 5) is 15.5.